The van der Waals surface area contributed by atoms with Crippen molar-refractivity contribution in [1.29, 1.82) is 0 Å². The molecular weight excluding hydrogens is 432 g/mol. The number of aromatic hydroxyl groups is 2. The van der Waals surface area contributed by atoms with Crippen LogP contribution in [0, 0.1) is 30.6 Å². The number of benzene rings is 2. The molecule has 35 heavy (non-hydrogen) atoms. The standard InChI is InChI=1S/C23H36O2.C9H12O.H2/c1-3-19-10-6-12-21(23(19)25)15-18-9-5-8-17(13-18)14-20-11-4-7-16(2)22(20)24;1-3-8-6-4-5-7(2)9(8)10;/h6,10,12,16-18,20,22,24-25H,3-5,7-9,11,13-15H2,1-2H3;4-6,10H,3H2,1-2H3;1H. The van der Waals surface area contributed by atoms with Crippen molar-refractivity contribution in [2.24, 2.45) is 23.7 Å². The Morgan fingerprint density at radius 2 is 1.40 bits per heavy atom. The minimum absolute atomic E-state index is 0. The molecule has 2 aliphatic rings. The van der Waals surface area contributed by atoms with Crippen LogP contribution >= 0.6 is 0 Å². The van der Waals surface area contributed by atoms with E-state index in [0.717, 1.165) is 47.4 Å². The smallest absolute Gasteiger partial charge is 0.121 e. The second-order valence-electron chi connectivity index (χ2n) is 11.2. The Bertz CT molecular complexity index is 928. The number of aliphatic hydroxyl groups is 1. The lowest BCUT2D eigenvalue weighted by Gasteiger charge is -2.37. The minimum atomic E-state index is -0.0839. The summed E-state index contributed by atoms with van der Waals surface area (Å²) in [6.45, 7) is 8.26. The van der Waals surface area contributed by atoms with Gasteiger partial charge in [-0.05, 0) is 97.8 Å². The SMILES string of the molecule is CCc1cccc(C)c1O.CCc1cccc(CC2CCCC(CC3CCCC(C)C3O)C2)c1O.[HH]. The minimum Gasteiger partial charge on any atom is -0.507 e. The molecule has 5 atom stereocenters. The summed E-state index contributed by atoms with van der Waals surface area (Å²) >= 11 is 0. The van der Waals surface area contributed by atoms with E-state index in [1.165, 1.54) is 51.4 Å². The lowest BCUT2D eigenvalue weighted by molar-refractivity contribution is 0.00977. The summed E-state index contributed by atoms with van der Waals surface area (Å²) in [5, 5.41) is 30.4. The van der Waals surface area contributed by atoms with Gasteiger partial charge < -0.3 is 15.3 Å². The molecule has 3 heteroatoms. The quantitative estimate of drug-likeness (QED) is 0.391. The predicted octanol–water partition coefficient (Wildman–Crippen LogP) is 8.00. The number of aryl methyl sites for hydroxylation is 3. The van der Waals surface area contributed by atoms with Crippen LogP contribution in [-0.4, -0.2) is 21.4 Å². The highest BCUT2D eigenvalue weighted by molar-refractivity contribution is 5.40. The summed E-state index contributed by atoms with van der Waals surface area (Å²) in [5.41, 5.74) is 4.19. The van der Waals surface area contributed by atoms with Crippen LogP contribution in [0.1, 0.15) is 95.8 Å². The highest BCUT2D eigenvalue weighted by Gasteiger charge is 2.32. The molecule has 2 fully saturated rings. The number of phenolic OH excluding ortho intramolecular Hbond substituents is 2. The van der Waals surface area contributed by atoms with Crippen molar-refractivity contribution >= 4 is 0 Å². The van der Waals surface area contributed by atoms with Gasteiger partial charge in [0.25, 0.3) is 0 Å². The van der Waals surface area contributed by atoms with E-state index in [0.29, 0.717) is 29.3 Å². The molecule has 2 aliphatic carbocycles. The molecule has 2 aromatic rings. The summed E-state index contributed by atoms with van der Waals surface area (Å²) < 4.78 is 0. The normalized spacial score (nSPS) is 26.6. The lowest BCUT2D eigenvalue weighted by Crippen LogP contribution is -2.34. The predicted molar refractivity (Wildman–Crippen MR) is 148 cm³/mol. The average molecular weight is 483 g/mol. The van der Waals surface area contributed by atoms with Crippen LogP contribution in [0.5, 0.6) is 11.5 Å². The van der Waals surface area contributed by atoms with Crippen molar-refractivity contribution < 1.29 is 16.7 Å². The van der Waals surface area contributed by atoms with Gasteiger partial charge in [0.1, 0.15) is 11.5 Å². The van der Waals surface area contributed by atoms with E-state index in [2.05, 4.69) is 26.0 Å². The molecule has 2 aromatic carbocycles. The van der Waals surface area contributed by atoms with E-state index < -0.39 is 0 Å². The maximum absolute atomic E-state index is 10.5. The molecule has 0 saturated heterocycles. The van der Waals surface area contributed by atoms with Crippen molar-refractivity contribution in [2.45, 2.75) is 104 Å². The molecule has 5 unspecified atom stereocenters. The van der Waals surface area contributed by atoms with Gasteiger partial charge in [-0.15, -0.1) is 0 Å². The van der Waals surface area contributed by atoms with Crippen LogP contribution in [0.3, 0.4) is 0 Å². The van der Waals surface area contributed by atoms with Crippen LogP contribution in [0.15, 0.2) is 36.4 Å². The Morgan fingerprint density at radius 1 is 0.800 bits per heavy atom. The summed E-state index contributed by atoms with van der Waals surface area (Å²) in [5.74, 6) is 3.43. The Balaban J connectivity index is 0.000000350. The fourth-order valence-electron chi connectivity index (χ4n) is 6.41. The molecule has 3 nitrogen and oxygen atoms in total. The highest BCUT2D eigenvalue weighted by Crippen LogP contribution is 2.40. The molecule has 3 N–H and O–H groups in total. The van der Waals surface area contributed by atoms with Gasteiger partial charge in [0.2, 0.25) is 0 Å². The molecular formula is C32H50O3. The molecule has 2 saturated carbocycles. The first-order chi connectivity index (χ1) is 16.8. The number of rotatable bonds is 6. The van der Waals surface area contributed by atoms with E-state index >= 15 is 0 Å². The Labute approximate surface area is 215 Å². The fraction of sp³-hybridized carbons (Fsp3) is 0.625. The van der Waals surface area contributed by atoms with Crippen LogP contribution in [0.4, 0.5) is 0 Å². The van der Waals surface area contributed by atoms with E-state index in [4.69, 9.17) is 0 Å². The molecule has 0 heterocycles. The molecule has 0 spiro atoms. The molecule has 0 bridgehead atoms. The molecule has 4 rings (SSSR count). The van der Waals surface area contributed by atoms with Crippen molar-refractivity contribution in [3.63, 3.8) is 0 Å². The largest absolute Gasteiger partial charge is 0.507 e. The molecule has 0 radical (unpaired) electrons. The number of hydrogen-bond acceptors (Lipinski definition) is 3. The van der Waals surface area contributed by atoms with E-state index in [1.807, 2.05) is 38.1 Å². The Morgan fingerprint density at radius 3 is 2.09 bits per heavy atom. The molecule has 196 valence electrons. The van der Waals surface area contributed by atoms with Crippen LogP contribution in [0.25, 0.3) is 0 Å². The fourth-order valence-corrected chi connectivity index (χ4v) is 6.41. The molecule has 0 aromatic heterocycles. The topological polar surface area (TPSA) is 60.7 Å². The Hall–Kier alpha value is -2.00. The molecule has 0 aliphatic heterocycles. The third-order valence-corrected chi connectivity index (χ3v) is 8.62. The van der Waals surface area contributed by atoms with Crippen molar-refractivity contribution in [3.05, 3.63) is 58.7 Å². The van der Waals surface area contributed by atoms with E-state index in [1.54, 1.807) is 0 Å². The third kappa shape index (κ3) is 7.49. The zero-order chi connectivity index (χ0) is 25.4. The number of aliphatic hydroxyl groups excluding tert-OH is 1. The number of para-hydroxylation sites is 2. The van der Waals surface area contributed by atoms with Gasteiger partial charge in [0.05, 0.1) is 6.10 Å². The second kappa shape index (κ2) is 13.3. The van der Waals surface area contributed by atoms with Gasteiger partial charge in [-0.3, -0.25) is 0 Å². The van der Waals surface area contributed by atoms with Crippen molar-refractivity contribution in [2.75, 3.05) is 0 Å². The summed E-state index contributed by atoms with van der Waals surface area (Å²) in [7, 11) is 0. The van der Waals surface area contributed by atoms with Crippen LogP contribution in [-0.2, 0) is 19.3 Å². The zero-order valence-electron chi connectivity index (χ0n) is 22.5. The van der Waals surface area contributed by atoms with Crippen LogP contribution in [0.2, 0.25) is 0 Å². The second-order valence-corrected chi connectivity index (χ2v) is 11.2. The maximum Gasteiger partial charge on any atom is 0.121 e. The van der Waals surface area contributed by atoms with Gasteiger partial charge in [-0.1, -0.05) is 82.9 Å². The van der Waals surface area contributed by atoms with Crippen LogP contribution < -0.4 is 0 Å². The van der Waals surface area contributed by atoms with Gasteiger partial charge >= 0.3 is 0 Å². The van der Waals surface area contributed by atoms with Crippen molar-refractivity contribution in [3.8, 4) is 11.5 Å². The summed E-state index contributed by atoms with van der Waals surface area (Å²) in [6, 6.07) is 12.1. The van der Waals surface area contributed by atoms with Gasteiger partial charge in [-0.2, -0.15) is 0 Å². The summed E-state index contributed by atoms with van der Waals surface area (Å²) in [4.78, 5) is 0. The zero-order valence-corrected chi connectivity index (χ0v) is 22.5. The number of hydrogen-bond donors (Lipinski definition) is 3. The molecule has 0 amide bonds. The first-order valence-electron chi connectivity index (χ1n) is 14.1. The maximum atomic E-state index is 10.5. The first kappa shape index (κ1) is 27.6. The Kier molecular flexibility index (Phi) is 10.5. The van der Waals surface area contributed by atoms with E-state index in [-0.39, 0.29) is 7.53 Å². The van der Waals surface area contributed by atoms with Gasteiger partial charge in [-0.25, -0.2) is 0 Å². The highest BCUT2D eigenvalue weighted by atomic mass is 16.3. The monoisotopic (exact) mass is 482 g/mol. The lowest BCUT2D eigenvalue weighted by atomic mass is 9.70. The third-order valence-electron chi connectivity index (χ3n) is 8.62. The van der Waals surface area contributed by atoms with Gasteiger partial charge in [0.15, 0.2) is 0 Å². The average Bonchev–Trinajstić information content (AvgIpc) is 2.86. The number of phenols is 2. The summed E-state index contributed by atoms with van der Waals surface area (Å²) in [6.07, 6.45) is 12.8. The van der Waals surface area contributed by atoms with E-state index in [9.17, 15) is 15.3 Å². The van der Waals surface area contributed by atoms with Crippen molar-refractivity contribution in [1.82, 2.24) is 0 Å². The first-order valence-corrected chi connectivity index (χ1v) is 14.1. The van der Waals surface area contributed by atoms with Gasteiger partial charge in [0, 0.05) is 1.43 Å².